The van der Waals surface area contributed by atoms with Gasteiger partial charge in [-0.25, -0.2) is 4.79 Å². The summed E-state index contributed by atoms with van der Waals surface area (Å²) in [5.74, 6) is 0. The molecule has 0 heterocycles. The van der Waals surface area contributed by atoms with Gasteiger partial charge in [0.2, 0.25) is 0 Å². The maximum absolute atomic E-state index is 11.6. The van der Waals surface area contributed by atoms with Crippen molar-refractivity contribution in [3.8, 4) is 0 Å². The van der Waals surface area contributed by atoms with E-state index in [4.69, 9.17) is 9.47 Å². The van der Waals surface area contributed by atoms with Crippen molar-refractivity contribution in [1.82, 2.24) is 5.32 Å². The van der Waals surface area contributed by atoms with Gasteiger partial charge in [-0.15, -0.1) is 0 Å². The van der Waals surface area contributed by atoms with Crippen LogP contribution in [0.3, 0.4) is 0 Å². The van der Waals surface area contributed by atoms with E-state index in [0.29, 0.717) is 13.2 Å². The molecule has 0 fully saturated rings. The highest BCUT2D eigenvalue weighted by Gasteiger charge is 2.26. The van der Waals surface area contributed by atoms with Crippen molar-refractivity contribution in [2.45, 2.75) is 45.8 Å². The molecule has 0 aliphatic rings. The molecule has 22 heavy (non-hydrogen) atoms. The summed E-state index contributed by atoms with van der Waals surface area (Å²) < 4.78 is 12.0. The third-order valence-electron chi connectivity index (χ3n) is 3.11. The summed E-state index contributed by atoms with van der Waals surface area (Å²) in [7, 11) is 0. The molecule has 0 radical (unpaired) electrons. The molecule has 1 atom stereocenters. The fraction of sp³-hybridized carbons (Fsp3) is 0.588. The molecule has 1 unspecified atom stereocenters. The second kappa shape index (κ2) is 8.15. The predicted molar refractivity (Wildman–Crippen MR) is 97.6 cm³/mol. The normalized spacial score (nSPS) is 14.3. The molecule has 1 aromatic rings. The number of carbonyl (C=O) groups is 1. The van der Waals surface area contributed by atoms with Crippen LogP contribution in [0, 0.1) is 6.92 Å². The van der Waals surface area contributed by atoms with E-state index in [1.807, 2.05) is 20.8 Å². The predicted octanol–water partition coefficient (Wildman–Crippen LogP) is 4.19. The first-order valence-electron chi connectivity index (χ1n) is 7.40. The van der Waals surface area contributed by atoms with Crippen LogP contribution in [-0.2, 0) is 15.1 Å². The summed E-state index contributed by atoms with van der Waals surface area (Å²) in [6.45, 7) is 10.5. The maximum atomic E-state index is 11.6. The summed E-state index contributed by atoms with van der Waals surface area (Å²) in [6, 6.07) is 8.36. The van der Waals surface area contributed by atoms with E-state index < -0.39 is 11.7 Å². The van der Waals surface area contributed by atoms with Gasteiger partial charge in [0, 0.05) is 11.0 Å². The van der Waals surface area contributed by atoms with Gasteiger partial charge in [0.25, 0.3) is 0 Å². The molecule has 0 aliphatic carbocycles. The zero-order valence-corrected chi connectivity index (χ0v) is 16.2. The first-order valence-corrected chi connectivity index (χ1v) is 8.93. The Morgan fingerprint density at radius 2 is 1.77 bits per heavy atom. The van der Waals surface area contributed by atoms with E-state index in [9.17, 15) is 4.79 Å². The number of benzene rings is 1. The van der Waals surface area contributed by atoms with Gasteiger partial charge in [-0.1, -0.05) is 52.4 Å². The van der Waals surface area contributed by atoms with E-state index in [1.54, 1.807) is 0 Å². The zero-order valence-electron chi connectivity index (χ0n) is 14.0. The number of hydrogen-bond donors (Lipinski definition) is 1. The molecule has 0 saturated carbocycles. The Morgan fingerprint density at radius 1 is 1.18 bits per heavy atom. The van der Waals surface area contributed by atoms with Crippen molar-refractivity contribution in [3.63, 3.8) is 0 Å². The standard InChI is InChI=1S/C17H26INO3/c1-13-6-8-14(9-7-13)17(5,12-18)21-11-10-19-15(20)22-16(2,3)4/h6-9H,10-12H2,1-5H3,(H,19,20). The fourth-order valence-electron chi connectivity index (χ4n) is 1.85. The molecule has 0 saturated heterocycles. The number of carbonyl (C=O) groups excluding carboxylic acids is 1. The van der Waals surface area contributed by atoms with Crippen LogP contribution in [0.1, 0.15) is 38.8 Å². The molecule has 124 valence electrons. The molecule has 0 aliphatic heterocycles. The lowest BCUT2D eigenvalue weighted by Crippen LogP contribution is -2.36. The minimum atomic E-state index is -0.483. The molecule has 0 bridgehead atoms. The Morgan fingerprint density at radius 3 is 2.27 bits per heavy atom. The van der Waals surface area contributed by atoms with Crippen LogP contribution in [0.4, 0.5) is 4.79 Å². The van der Waals surface area contributed by atoms with E-state index in [0.717, 1.165) is 9.99 Å². The van der Waals surface area contributed by atoms with E-state index >= 15 is 0 Å². The lowest BCUT2D eigenvalue weighted by molar-refractivity contribution is -0.0150. The summed E-state index contributed by atoms with van der Waals surface area (Å²) in [5.41, 5.74) is 1.53. The molecule has 1 aromatic carbocycles. The van der Waals surface area contributed by atoms with Gasteiger partial charge in [-0.2, -0.15) is 0 Å². The minimum Gasteiger partial charge on any atom is -0.444 e. The van der Waals surface area contributed by atoms with Crippen molar-refractivity contribution >= 4 is 28.7 Å². The molecule has 4 nitrogen and oxygen atoms in total. The Balaban J connectivity index is 2.47. The third kappa shape index (κ3) is 6.52. The molecule has 0 spiro atoms. The van der Waals surface area contributed by atoms with Gasteiger partial charge < -0.3 is 14.8 Å². The second-order valence-electron chi connectivity index (χ2n) is 6.51. The Kier molecular flexibility index (Phi) is 7.12. The number of amides is 1. The first-order chi connectivity index (χ1) is 10.2. The number of ether oxygens (including phenoxy) is 2. The Hall–Kier alpha value is -0.820. The van der Waals surface area contributed by atoms with Crippen molar-refractivity contribution in [3.05, 3.63) is 35.4 Å². The summed E-state index contributed by atoms with van der Waals surface area (Å²) in [6.07, 6.45) is -0.414. The lowest BCUT2D eigenvalue weighted by atomic mass is 9.97. The highest BCUT2D eigenvalue weighted by Crippen LogP contribution is 2.27. The Labute approximate surface area is 147 Å². The molecule has 1 N–H and O–H groups in total. The second-order valence-corrected chi connectivity index (χ2v) is 7.27. The number of aryl methyl sites for hydroxylation is 1. The van der Waals surface area contributed by atoms with E-state index in [-0.39, 0.29) is 5.60 Å². The summed E-state index contributed by atoms with van der Waals surface area (Å²) >= 11 is 2.32. The van der Waals surface area contributed by atoms with E-state index in [1.165, 1.54) is 5.56 Å². The summed E-state index contributed by atoms with van der Waals surface area (Å²) in [4.78, 5) is 11.6. The van der Waals surface area contributed by atoms with Crippen LogP contribution >= 0.6 is 22.6 Å². The van der Waals surface area contributed by atoms with Crippen molar-refractivity contribution in [2.24, 2.45) is 0 Å². The van der Waals surface area contributed by atoms with Crippen LogP contribution in [-0.4, -0.2) is 29.3 Å². The number of alkyl halides is 1. The number of nitrogens with one attached hydrogen (secondary N) is 1. The number of halogens is 1. The molecule has 5 heteroatoms. The van der Waals surface area contributed by atoms with Crippen molar-refractivity contribution in [2.75, 3.05) is 17.6 Å². The molecular formula is C17H26INO3. The highest BCUT2D eigenvalue weighted by molar-refractivity contribution is 14.1. The molecule has 1 rings (SSSR count). The van der Waals surface area contributed by atoms with Crippen LogP contribution in [0.2, 0.25) is 0 Å². The van der Waals surface area contributed by atoms with Gasteiger partial charge in [0.1, 0.15) is 5.60 Å². The topological polar surface area (TPSA) is 47.6 Å². The SMILES string of the molecule is Cc1ccc(C(C)(CI)OCCNC(=O)OC(C)(C)C)cc1. The van der Waals surface area contributed by atoms with Crippen molar-refractivity contribution in [1.29, 1.82) is 0 Å². The smallest absolute Gasteiger partial charge is 0.407 e. The van der Waals surface area contributed by atoms with Crippen molar-refractivity contribution < 1.29 is 14.3 Å². The Bertz CT molecular complexity index is 482. The minimum absolute atomic E-state index is 0.357. The van der Waals surface area contributed by atoms with Gasteiger partial charge >= 0.3 is 6.09 Å². The fourth-order valence-corrected chi connectivity index (χ4v) is 2.51. The van der Waals surface area contributed by atoms with Crippen LogP contribution in [0.5, 0.6) is 0 Å². The number of rotatable bonds is 6. The molecule has 1 amide bonds. The summed E-state index contributed by atoms with van der Waals surface area (Å²) in [5, 5.41) is 2.71. The number of hydrogen-bond acceptors (Lipinski definition) is 3. The van der Waals surface area contributed by atoms with E-state index in [2.05, 4.69) is 66.0 Å². The maximum Gasteiger partial charge on any atom is 0.407 e. The van der Waals surface area contributed by atoms with Crippen LogP contribution in [0.15, 0.2) is 24.3 Å². The van der Waals surface area contributed by atoms with Gasteiger partial charge in [-0.05, 0) is 40.2 Å². The third-order valence-corrected chi connectivity index (χ3v) is 4.56. The molecular weight excluding hydrogens is 393 g/mol. The average molecular weight is 419 g/mol. The zero-order chi connectivity index (χ0) is 16.8. The monoisotopic (exact) mass is 419 g/mol. The van der Waals surface area contributed by atoms with Crippen LogP contribution in [0.25, 0.3) is 0 Å². The van der Waals surface area contributed by atoms with Gasteiger partial charge in [0.05, 0.1) is 12.2 Å². The largest absolute Gasteiger partial charge is 0.444 e. The number of alkyl carbamates (subject to hydrolysis) is 1. The van der Waals surface area contributed by atoms with Crippen LogP contribution < -0.4 is 5.32 Å². The average Bonchev–Trinajstić information content (AvgIpc) is 2.42. The van der Waals surface area contributed by atoms with Gasteiger partial charge in [-0.3, -0.25) is 0 Å². The lowest BCUT2D eigenvalue weighted by Gasteiger charge is -2.29. The van der Waals surface area contributed by atoms with Gasteiger partial charge in [0.15, 0.2) is 0 Å². The highest BCUT2D eigenvalue weighted by atomic mass is 127. The molecule has 0 aromatic heterocycles. The quantitative estimate of drug-likeness (QED) is 0.428. The first kappa shape index (κ1) is 19.2.